The molecule has 1 aliphatic heterocycles. The molecular formula is C13H14ClN3O3. The Hall–Kier alpha value is -1.92. The topological polar surface area (TPSA) is 60.9 Å². The Morgan fingerprint density at radius 1 is 1.20 bits per heavy atom. The minimum absolute atomic E-state index is 0.0558. The van der Waals surface area contributed by atoms with E-state index in [0.29, 0.717) is 11.6 Å². The van der Waals surface area contributed by atoms with Crippen LogP contribution >= 0.6 is 11.6 Å². The first-order valence-corrected chi connectivity index (χ1v) is 6.34. The summed E-state index contributed by atoms with van der Waals surface area (Å²) in [4.78, 5) is 38.2. The molecule has 1 saturated heterocycles. The molecule has 0 spiro atoms. The summed E-state index contributed by atoms with van der Waals surface area (Å²) in [5.41, 5.74) is 0.957. The second kappa shape index (κ2) is 5.60. The van der Waals surface area contributed by atoms with Crippen molar-refractivity contribution < 1.29 is 14.4 Å². The monoisotopic (exact) mass is 295 g/mol. The first kappa shape index (κ1) is 14.5. The fraction of sp³-hybridized carbons (Fsp3) is 0.308. The lowest BCUT2D eigenvalue weighted by Crippen LogP contribution is -2.40. The van der Waals surface area contributed by atoms with Crippen molar-refractivity contribution >= 4 is 29.4 Å². The van der Waals surface area contributed by atoms with E-state index >= 15 is 0 Å². The van der Waals surface area contributed by atoms with Gasteiger partial charge in [-0.1, -0.05) is 23.7 Å². The molecule has 1 aliphatic rings. The number of amides is 4. The summed E-state index contributed by atoms with van der Waals surface area (Å²) in [6.07, 6.45) is 0. The van der Waals surface area contributed by atoms with Gasteiger partial charge in [-0.3, -0.25) is 19.4 Å². The van der Waals surface area contributed by atoms with Gasteiger partial charge in [0.15, 0.2) is 0 Å². The van der Waals surface area contributed by atoms with Gasteiger partial charge >= 0.3 is 17.8 Å². The Bertz CT molecular complexity index is 576. The molecule has 2 rings (SSSR count). The van der Waals surface area contributed by atoms with E-state index in [4.69, 9.17) is 11.6 Å². The second-order valence-electron chi connectivity index (χ2n) is 4.67. The van der Waals surface area contributed by atoms with E-state index in [1.54, 1.807) is 18.0 Å². The molecule has 0 atom stereocenters. The van der Waals surface area contributed by atoms with Crippen LogP contribution in [0.2, 0.25) is 5.02 Å². The molecule has 1 heterocycles. The molecule has 0 N–H and O–H groups in total. The van der Waals surface area contributed by atoms with Gasteiger partial charge in [0.1, 0.15) is 0 Å². The molecule has 0 radical (unpaired) electrons. The highest BCUT2D eigenvalue weighted by atomic mass is 35.5. The van der Waals surface area contributed by atoms with Gasteiger partial charge in [0.25, 0.3) is 0 Å². The third-order valence-corrected chi connectivity index (χ3v) is 3.21. The molecule has 0 aromatic heterocycles. The predicted octanol–water partition coefficient (Wildman–Crippen LogP) is 1.15. The average molecular weight is 296 g/mol. The molecule has 1 aromatic rings. The zero-order valence-corrected chi connectivity index (χ0v) is 11.9. The van der Waals surface area contributed by atoms with Gasteiger partial charge in [0, 0.05) is 18.6 Å². The standard InChI is InChI=1S/C13H14ClN3O3/c1-15(7-9-4-3-5-10(14)6-9)8-17-12(19)11(18)16(2)13(17)20/h3-6H,7-8H2,1-2H3. The summed E-state index contributed by atoms with van der Waals surface area (Å²) < 4.78 is 0. The normalized spacial score (nSPS) is 15.7. The Kier molecular flexibility index (Phi) is 4.06. The van der Waals surface area contributed by atoms with E-state index in [1.807, 2.05) is 18.2 Å². The van der Waals surface area contributed by atoms with E-state index in [1.165, 1.54) is 7.05 Å². The van der Waals surface area contributed by atoms with Crippen molar-refractivity contribution in [2.75, 3.05) is 20.8 Å². The van der Waals surface area contributed by atoms with Crippen molar-refractivity contribution in [3.8, 4) is 0 Å². The summed E-state index contributed by atoms with van der Waals surface area (Å²) in [7, 11) is 3.05. The summed E-state index contributed by atoms with van der Waals surface area (Å²) in [6.45, 7) is 0.565. The number of rotatable bonds is 4. The molecule has 0 unspecified atom stereocenters. The first-order valence-electron chi connectivity index (χ1n) is 5.96. The van der Waals surface area contributed by atoms with E-state index in [0.717, 1.165) is 15.4 Å². The summed E-state index contributed by atoms with van der Waals surface area (Å²) in [5.74, 6) is -1.60. The summed E-state index contributed by atoms with van der Waals surface area (Å²) in [6, 6.07) is 6.70. The van der Waals surface area contributed by atoms with Gasteiger partial charge < -0.3 is 0 Å². The van der Waals surface area contributed by atoms with E-state index in [-0.39, 0.29) is 6.67 Å². The fourth-order valence-corrected chi connectivity index (χ4v) is 2.19. The maximum Gasteiger partial charge on any atom is 0.335 e. The number of hydrogen-bond acceptors (Lipinski definition) is 4. The lowest BCUT2D eigenvalue weighted by Gasteiger charge is -2.22. The molecule has 20 heavy (non-hydrogen) atoms. The molecule has 106 valence electrons. The van der Waals surface area contributed by atoms with Crippen LogP contribution in [0.25, 0.3) is 0 Å². The van der Waals surface area contributed by atoms with Crippen LogP contribution in [0.4, 0.5) is 4.79 Å². The van der Waals surface area contributed by atoms with Crippen molar-refractivity contribution in [1.29, 1.82) is 0 Å². The van der Waals surface area contributed by atoms with Crippen LogP contribution in [0, 0.1) is 0 Å². The number of imide groups is 2. The summed E-state index contributed by atoms with van der Waals surface area (Å²) >= 11 is 5.89. The molecule has 6 nitrogen and oxygen atoms in total. The number of benzene rings is 1. The highest BCUT2D eigenvalue weighted by Crippen LogP contribution is 2.14. The number of halogens is 1. The van der Waals surface area contributed by atoms with Crippen molar-refractivity contribution in [2.24, 2.45) is 0 Å². The van der Waals surface area contributed by atoms with Crippen LogP contribution in [0.15, 0.2) is 24.3 Å². The van der Waals surface area contributed by atoms with E-state index in [9.17, 15) is 14.4 Å². The molecule has 0 saturated carbocycles. The highest BCUT2D eigenvalue weighted by Gasteiger charge is 2.42. The number of likely N-dealkylation sites (N-methyl/N-ethyl adjacent to an activating group) is 1. The predicted molar refractivity (Wildman–Crippen MR) is 72.8 cm³/mol. The lowest BCUT2D eigenvalue weighted by atomic mass is 10.2. The molecule has 1 aromatic carbocycles. The molecule has 0 aliphatic carbocycles. The molecule has 1 fully saturated rings. The quantitative estimate of drug-likeness (QED) is 0.617. The van der Waals surface area contributed by atoms with Gasteiger partial charge in [0.05, 0.1) is 6.67 Å². The highest BCUT2D eigenvalue weighted by molar-refractivity contribution is 6.44. The lowest BCUT2D eigenvalue weighted by molar-refractivity contribution is -0.143. The number of nitrogens with zero attached hydrogens (tertiary/aromatic N) is 3. The van der Waals surface area contributed by atoms with E-state index < -0.39 is 17.8 Å². The fourth-order valence-electron chi connectivity index (χ4n) is 1.98. The maximum atomic E-state index is 11.7. The van der Waals surface area contributed by atoms with Crippen LogP contribution in [-0.2, 0) is 16.1 Å². The second-order valence-corrected chi connectivity index (χ2v) is 5.10. The van der Waals surface area contributed by atoms with Crippen LogP contribution < -0.4 is 0 Å². The Labute approximate surface area is 121 Å². The van der Waals surface area contributed by atoms with Crippen molar-refractivity contribution in [3.63, 3.8) is 0 Å². The minimum Gasteiger partial charge on any atom is -0.284 e. The number of carbonyl (C=O) groups excluding carboxylic acids is 3. The van der Waals surface area contributed by atoms with Crippen LogP contribution in [0.1, 0.15) is 5.56 Å². The molecular weight excluding hydrogens is 282 g/mol. The van der Waals surface area contributed by atoms with Gasteiger partial charge in [-0.05, 0) is 24.7 Å². The molecule has 7 heteroatoms. The van der Waals surface area contributed by atoms with Crippen molar-refractivity contribution in [1.82, 2.24) is 14.7 Å². The molecule has 4 amide bonds. The smallest absolute Gasteiger partial charge is 0.284 e. The maximum absolute atomic E-state index is 11.7. The van der Waals surface area contributed by atoms with Crippen molar-refractivity contribution in [3.05, 3.63) is 34.9 Å². The average Bonchev–Trinajstić information content (AvgIpc) is 2.57. The third-order valence-electron chi connectivity index (χ3n) is 2.97. The van der Waals surface area contributed by atoms with Crippen LogP contribution in [0.5, 0.6) is 0 Å². The number of urea groups is 1. The Morgan fingerprint density at radius 2 is 1.90 bits per heavy atom. The number of carbonyl (C=O) groups is 3. The van der Waals surface area contributed by atoms with Crippen LogP contribution in [-0.4, -0.2) is 53.3 Å². The largest absolute Gasteiger partial charge is 0.335 e. The van der Waals surface area contributed by atoms with Crippen LogP contribution in [0.3, 0.4) is 0 Å². The Morgan fingerprint density at radius 3 is 2.45 bits per heavy atom. The van der Waals surface area contributed by atoms with Crippen molar-refractivity contribution in [2.45, 2.75) is 6.54 Å². The van der Waals surface area contributed by atoms with Gasteiger partial charge in [-0.15, -0.1) is 0 Å². The van der Waals surface area contributed by atoms with Gasteiger partial charge in [-0.2, -0.15) is 0 Å². The van der Waals surface area contributed by atoms with Gasteiger partial charge in [0.2, 0.25) is 0 Å². The van der Waals surface area contributed by atoms with Gasteiger partial charge in [-0.25, -0.2) is 9.69 Å². The zero-order valence-electron chi connectivity index (χ0n) is 11.2. The molecule has 0 bridgehead atoms. The first-order chi connectivity index (χ1) is 9.40. The van der Waals surface area contributed by atoms with E-state index in [2.05, 4.69) is 0 Å². The zero-order chi connectivity index (χ0) is 14.9. The minimum atomic E-state index is -0.800. The Balaban J connectivity index is 2.02. The summed E-state index contributed by atoms with van der Waals surface area (Å²) in [5, 5.41) is 0.624. The SMILES string of the molecule is CN(Cc1cccc(Cl)c1)CN1C(=O)C(=O)N(C)C1=O. The number of hydrogen-bond donors (Lipinski definition) is 0. The third kappa shape index (κ3) is 2.81.